The normalized spacial score (nSPS) is 30.8. The fourth-order valence-electron chi connectivity index (χ4n) is 3.87. The molecule has 3 unspecified atom stereocenters. The molecule has 104 valence electrons. The number of nitrogens with one attached hydrogen (secondary N) is 1. The third-order valence-corrected chi connectivity index (χ3v) is 5.99. The molecule has 4 heteroatoms. The highest BCUT2D eigenvalue weighted by Crippen LogP contribution is 2.60. The molecule has 0 heterocycles. The number of hydrogen-bond donors (Lipinski definition) is 1. The molecule has 2 aliphatic rings. The summed E-state index contributed by atoms with van der Waals surface area (Å²) in [5.74, 6) is 1.99. The van der Waals surface area contributed by atoms with Gasteiger partial charge >= 0.3 is 0 Å². The van der Waals surface area contributed by atoms with Crippen LogP contribution in [0.2, 0.25) is 5.02 Å². The largest absolute Gasteiger partial charge is 0.313 e. The molecule has 19 heavy (non-hydrogen) atoms. The third kappa shape index (κ3) is 2.45. The smallest absolute Gasteiger partial charge is 0.129 e. The summed E-state index contributed by atoms with van der Waals surface area (Å²) >= 11 is 9.40. The Morgan fingerprint density at radius 2 is 1.95 bits per heavy atom. The molecule has 3 rings (SSSR count). The number of rotatable bonds is 3. The molecule has 1 N–H and O–H groups in total. The molecule has 1 aromatic rings. The maximum Gasteiger partial charge on any atom is 0.129 e. The van der Waals surface area contributed by atoms with E-state index in [0.29, 0.717) is 15.4 Å². The summed E-state index contributed by atoms with van der Waals surface area (Å²) in [6, 6.07) is 3.35. The minimum atomic E-state index is -0.167. The van der Waals surface area contributed by atoms with Crippen molar-refractivity contribution in [2.75, 3.05) is 7.05 Å². The van der Waals surface area contributed by atoms with Crippen LogP contribution < -0.4 is 5.32 Å². The minimum absolute atomic E-state index is 0.0960. The Morgan fingerprint density at radius 1 is 1.32 bits per heavy atom. The van der Waals surface area contributed by atoms with Crippen molar-refractivity contribution in [3.8, 4) is 0 Å². The van der Waals surface area contributed by atoms with Crippen molar-refractivity contribution in [1.29, 1.82) is 0 Å². The zero-order valence-corrected chi connectivity index (χ0v) is 13.3. The van der Waals surface area contributed by atoms with Crippen LogP contribution in [0, 0.1) is 23.6 Å². The first kappa shape index (κ1) is 13.8. The maximum atomic E-state index is 14.2. The molecule has 2 saturated carbocycles. The molecule has 0 saturated heterocycles. The highest BCUT2D eigenvalue weighted by molar-refractivity contribution is 9.10. The average Bonchev–Trinajstić information content (AvgIpc) is 3.11. The number of benzene rings is 1. The third-order valence-electron chi connectivity index (χ3n) is 4.79. The summed E-state index contributed by atoms with van der Waals surface area (Å²) < 4.78 is 14.8. The van der Waals surface area contributed by atoms with E-state index in [1.54, 1.807) is 6.07 Å². The van der Waals surface area contributed by atoms with Gasteiger partial charge in [0.05, 0.1) is 5.02 Å². The summed E-state index contributed by atoms with van der Waals surface area (Å²) in [7, 11) is 1.92. The monoisotopic (exact) mass is 345 g/mol. The maximum absolute atomic E-state index is 14.2. The van der Waals surface area contributed by atoms with Crippen molar-refractivity contribution in [2.45, 2.75) is 31.7 Å². The lowest BCUT2D eigenvalue weighted by molar-refractivity contribution is 0.457. The Kier molecular flexibility index (Phi) is 3.89. The van der Waals surface area contributed by atoms with Gasteiger partial charge in [-0.15, -0.1) is 0 Å². The zero-order chi connectivity index (χ0) is 13.6. The average molecular weight is 347 g/mol. The van der Waals surface area contributed by atoms with Crippen LogP contribution in [0.5, 0.6) is 0 Å². The van der Waals surface area contributed by atoms with Crippen LogP contribution in [-0.4, -0.2) is 7.05 Å². The van der Waals surface area contributed by atoms with E-state index >= 15 is 0 Å². The van der Waals surface area contributed by atoms with Gasteiger partial charge in [-0.2, -0.15) is 0 Å². The van der Waals surface area contributed by atoms with Crippen LogP contribution >= 0.6 is 27.5 Å². The molecule has 0 radical (unpaired) electrons. The minimum Gasteiger partial charge on any atom is -0.313 e. The first-order valence-electron chi connectivity index (χ1n) is 6.95. The summed E-state index contributed by atoms with van der Waals surface area (Å²) in [6.45, 7) is 0. The number of fused-ring (bicyclic) bond motifs is 1. The molecule has 2 fully saturated rings. The van der Waals surface area contributed by atoms with Crippen molar-refractivity contribution in [3.05, 3.63) is 33.0 Å². The molecule has 3 atom stereocenters. The van der Waals surface area contributed by atoms with Gasteiger partial charge in [0.2, 0.25) is 0 Å². The van der Waals surface area contributed by atoms with Gasteiger partial charge < -0.3 is 5.32 Å². The second-order valence-corrected chi connectivity index (χ2v) is 7.01. The van der Waals surface area contributed by atoms with Crippen LogP contribution in [0.1, 0.15) is 37.3 Å². The van der Waals surface area contributed by atoms with Crippen molar-refractivity contribution in [3.63, 3.8) is 0 Å². The number of hydrogen-bond acceptors (Lipinski definition) is 1. The van der Waals surface area contributed by atoms with Gasteiger partial charge in [0.15, 0.2) is 0 Å². The van der Waals surface area contributed by atoms with E-state index < -0.39 is 0 Å². The first-order chi connectivity index (χ1) is 9.13. The van der Waals surface area contributed by atoms with Gasteiger partial charge in [0.25, 0.3) is 0 Å². The predicted octanol–water partition coefficient (Wildman–Crippen LogP) is 4.94. The second kappa shape index (κ2) is 5.34. The van der Waals surface area contributed by atoms with Crippen molar-refractivity contribution < 1.29 is 4.39 Å². The van der Waals surface area contributed by atoms with Crippen molar-refractivity contribution in [1.82, 2.24) is 5.32 Å². The summed E-state index contributed by atoms with van der Waals surface area (Å²) in [5, 5.41) is 3.89. The Bertz CT molecular complexity index is 481. The Hall–Kier alpha value is -0.120. The van der Waals surface area contributed by atoms with Gasteiger partial charge in [-0.3, -0.25) is 0 Å². The molecular formula is C15H18BrClFN. The van der Waals surface area contributed by atoms with Gasteiger partial charge in [0.1, 0.15) is 5.82 Å². The van der Waals surface area contributed by atoms with Crippen LogP contribution in [0.25, 0.3) is 0 Å². The SMILES string of the molecule is CNC(c1cc(Cl)c(Br)cc1F)C1C2CCCCC21. The highest BCUT2D eigenvalue weighted by Gasteiger charge is 2.54. The lowest BCUT2D eigenvalue weighted by Gasteiger charge is -2.18. The molecular weight excluding hydrogens is 329 g/mol. The van der Waals surface area contributed by atoms with E-state index in [1.165, 1.54) is 31.7 Å². The van der Waals surface area contributed by atoms with Gasteiger partial charge in [-0.1, -0.05) is 24.4 Å². The molecule has 0 aromatic heterocycles. The Morgan fingerprint density at radius 3 is 2.53 bits per heavy atom. The van der Waals surface area contributed by atoms with E-state index in [2.05, 4.69) is 21.2 Å². The first-order valence-corrected chi connectivity index (χ1v) is 8.12. The fraction of sp³-hybridized carbons (Fsp3) is 0.600. The fourth-order valence-corrected chi connectivity index (χ4v) is 4.36. The lowest BCUT2D eigenvalue weighted by atomic mass is 9.99. The Labute approximate surface area is 127 Å². The van der Waals surface area contributed by atoms with E-state index in [-0.39, 0.29) is 11.9 Å². The molecule has 0 amide bonds. The molecule has 1 aromatic carbocycles. The van der Waals surface area contributed by atoms with Crippen LogP contribution in [0.15, 0.2) is 16.6 Å². The standard InChI is InChI=1S/C15H18BrClFN/c1-19-15(14-8-4-2-3-5-9(8)14)10-6-12(17)11(16)7-13(10)18/h6-9,14-15,19H,2-5H2,1H3. The van der Waals surface area contributed by atoms with Crippen LogP contribution in [0.3, 0.4) is 0 Å². The van der Waals surface area contributed by atoms with E-state index in [4.69, 9.17) is 11.6 Å². The van der Waals surface area contributed by atoms with E-state index in [9.17, 15) is 4.39 Å². The molecule has 0 aliphatic heterocycles. The predicted molar refractivity (Wildman–Crippen MR) is 79.8 cm³/mol. The van der Waals surface area contributed by atoms with Crippen molar-refractivity contribution >= 4 is 27.5 Å². The van der Waals surface area contributed by atoms with E-state index in [0.717, 1.165) is 17.4 Å². The summed E-state index contributed by atoms with van der Waals surface area (Å²) in [5.41, 5.74) is 0.718. The topological polar surface area (TPSA) is 12.0 Å². The molecule has 1 nitrogen and oxygen atoms in total. The van der Waals surface area contributed by atoms with Crippen LogP contribution in [-0.2, 0) is 0 Å². The van der Waals surface area contributed by atoms with Gasteiger partial charge in [0, 0.05) is 16.1 Å². The van der Waals surface area contributed by atoms with E-state index in [1.807, 2.05) is 7.05 Å². The lowest BCUT2D eigenvalue weighted by Crippen LogP contribution is -2.21. The molecule has 0 bridgehead atoms. The molecule has 2 aliphatic carbocycles. The zero-order valence-electron chi connectivity index (χ0n) is 10.9. The van der Waals surface area contributed by atoms with Gasteiger partial charge in [-0.25, -0.2) is 4.39 Å². The Balaban J connectivity index is 1.89. The van der Waals surface area contributed by atoms with Crippen LogP contribution in [0.4, 0.5) is 4.39 Å². The van der Waals surface area contributed by atoms with Gasteiger partial charge in [-0.05, 0) is 65.7 Å². The molecule has 0 spiro atoms. The van der Waals surface area contributed by atoms with Crippen molar-refractivity contribution in [2.24, 2.45) is 17.8 Å². The summed E-state index contributed by atoms with van der Waals surface area (Å²) in [4.78, 5) is 0. The second-order valence-electron chi connectivity index (χ2n) is 5.74. The quantitative estimate of drug-likeness (QED) is 0.765. The summed E-state index contributed by atoms with van der Waals surface area (Å²) in [6.07, 6.45) is 5.27. The number of halogens is 3. The highest BCUT2D eigenvalue weighted by atomic mass is 79.9.